The highest BCUT2D eigenvalue weighted by Gasteiger charge is 2.23. The molecule has 0 radical (unpaired) electrons. The molecule has 0 aromatic heterocycles. The third kappa shape index (κ3) is 5.94. The fourth-order valence-corrected chi connectivity index (χ4v) is 3.09. The molecule has 1 fully saturated rings. The van der Waals surface area contributed by atoms with Crippen LogP contribution in [0.25, 0.3) is 0 Å². The normalized spacial score (nSPS) is 16.3. The van der Waals surface area contributed by atoms with Gasteiger partial charge in [-0.05, 0) is 31.2 Å². The number of ether oxygens (including phenoxy) is 1. The molecule has 124 valence electrons. The summed E-state index contributed by atoms with van der Waals surface area (Å²) < 4.78 is 5.45. The molecule has 0 N–H and O–H groups in total. The Balaban J connectivity index is 1.91. The van der Waals surface area contributed by atoms with Crippen molar-refractivity contribution in [3.63, 3.8) is 0 Å². The number of carbonyl (C=O) groups is 1. The highest BCUT2D eigenvalue weighted by Crippen LogP contribution is 2.25. The van der Waals surface area contributed by atoms with E-state index < -0.39 is 0 Å². The summed E-state index contributed by atoms with van der Waals surface area (Å²) in [4.78, 5) is 14.2. The lowest BCUT2D eigenvalue weighted by molar-refractivity contribution is 0.0841. The van der Waals surface area contributed by atoms with Crippen molar-refractivity contribution < 1.29 is 9.53 Å². The second-order valence-corrected chi connectivity index (χ2v) is 6.48. The molecule has 1 aliphatic carbocycles. The van der Waals surface area contributed by atoms with E-state index in [0.717, 1.165) is 5.56 Å². The van der Waals surface area contributed by atoms with Gasteiger partial charge in [0.2, 0.25) is 0 Å². The van der Waals surface area contributed by atoms with Crippen molar-refractivity contribution in [3.05, 3.63) is 35.9 Å². The van der Waals surface area contributed by atoms with Crippen LogP contribution in [0.4, 0.5) is 4.79 Å². The fourth-order valence-electron chi connectivity index (χ4n) is 3.09. The lowest BCUT2D eigenvalue weighted by Gasteiger charge is -2.29. The molecular weight excluding hydrogens is 288 g/mol. The van der Waals surface area contributed by atoms with Crippen LogP contribution in [-0.4, -0.2) is 24.1 Å². The monoisotopic (exact) mass is 314 g/mol. The summed E-state index contributed by atoms with van der Waals surface area (Å²) in [6, 6.07) is 11.9. The number of hydrogen-bond acceptors (Lipinski definition) is 3. The molecule has 1 aromatic carbocycles. The first-order valence-electron chi connectivity index (χ1n) is 8.54. The first-order chi connectivity index (χ1) is 11.2. The maximum Gasteiger partial charge on any atom is 0.410 e. The number of hydrogen-bond donors (Lipinski definition) is 0. The minimum absolute atomic E-state index is 0.178. The molecule has 0 aliphatic heterocycles. The van der Waals surface area contributed by atoms with E-state index >= 15 is 0 Å². The van der Waals surface area contributed by atoms with Crippen LogP contribution in [0.3, 0.4) is 0 Å². The number of nitrogens with zero attached hydrogens (tertiary/aromatic N) is 2. The highest BCUT2D eigenvalue weighted by molar-refractivity contribution is 5.67. The first-order valence-corrected chi connectivity index (χ1v) is 8.54. The van der Waals surface area contributed by atoms with Gasteiger partial charge in [0, 0.05) is 13.1 Å². The standard InChI is InChI=1S/C19H26N2O2/c1-16(12-20)13-21(14-17-8-4-2-5-9-17)19(22)23-15-18-10-6-3-7-11-18/h3,6-7,10-11,16-17H,2,4-5,8-9,13-15H2,1H3. The molecule has 1 aliphatic rings. The third-order valence-corrected chi connectivity index (χ3v) is 4.38. The molecule has 0 spiro atoms. The number of nitriles is 1. The van der Waals surface area contributed by atoms with Gasteiger partial charge in [-0.15, -0.1) is 0 Å². The van der Waals surface area contributed by atoms with Gasteiger partial charge >= 0.3 is 6.09 Å². The topological polar surface area (TPSA) is 53.3 Å². The molecule has 1 unspecified atom stereocenters. The van der Waals surface area contributed by atoms with E-state index in [4.69, 9.17) is 10.00 Å². The molecular formula is C19H26N2O2. The Labute approximate surface area is 139 Å². The predicted molar refractivity (Wildman–Crippen MR) is 89.6 cm³/mol. The van der Waals surface area contributed by atoms with E-state index in [1.165, 1.54) is 32.1 Å². The summed E-state index contributed by atoms with van der Waals surface area (Å²) in [7, 11) is 0. The Morgan fingerprint density at radius 2 is 2.00 bits per heavy atom. The van der Waals surface area contributed by atoms with E-state index in [1.54, 1.807) is 4.90 Å². The summed E-state index contributed by atoms with van der Waals surface area (Å²) in [5.41, 5.74) is 0.979. The fraction of sp³-hybridized carbons (Fsp3) is 0.579. The van der Waals surface area contributed by atoms with Crippen LogP contribution < -0.4 is 0 Å². The Hall–Kier alpha value is -2.02. The minimum atomic E-state index is -0.304. The second kappa shape index (κ2) is 9.19. The average Bonchev–Trinajstić information content (AvgIpc) is 2.60. The van der Waals surface area contributed by atoms with Crippen molar-refractivity contribution >= 4 is 6.09 Å². The van der Waals surface area contributed by atoms with Crippen molar-refractivity contribution in [1.29, 1.82) is 5.26 Å². The second-order valence-electron chi connectivity index (χ2n) is 6.48. The highest BCUT2D eigenvalue weighted by atomic mass is 16.6. The zero-order chi connectivity index (χ0) is 16.5. The van der Waals surface area contributed by atoms with Crippen LogP contribution in [-0.2, 0) is 11.3 Å². The van der Waals surface area contributed by atoms with E-state index in [9.17, 15) is 4.79 Å². The van der Waals surface area contributed by atoms with Crippen molar-refractivity contribution in [1.82, 2.24) is 4.90 Å². The minimum Gasteiger partial charge on any atom is -0.445 e. The number of amides is 1. The lowest BCUT2D eigenvalue weighted by atomic mass is 9.89. The molecule has 4 heteroatoms. The SMILES string of the molecule is CC(C#N)CN(CC1CCCCC1)C(=O)OCc1ccccc1. The van der Waals surface area contributed by atoms with Gasteiger partial charge in [-0.2, -0.15) is 5.26 Å². The Morgan fingerprint density at radius 3 is 2.65 bits per heavy atom. The van der Waals surface area contributed by atoms with Crippen molar-refractivity contribution in [2.45, 2.75) is 45.6 Å². The zero-order valence-electron chi connectivity index (χ0n) is 13.9. The predicted octanol–water partition coefficient (Wildman–Crippen LogP) is 4.37. The van der Waals surface area contributed by atoms with Gasteiger partial charge in [-0.1, -0.05) is 49.6 Å². The van der Waals surface area contributed by atoms with Crippen molar-refractivity contribution in [2.75, 3.05) is 13.1 Å². The molecule has 1 atom stereocenters. The van der Waals surface area contributed by atoms with E-state index in [-0.39, 0.29) is 18.6 Å². The largest absolute Gasteiger partial charge is 0.445 e. The van der Waals surface area contributed by atoms with Crippen LogP contribution >= 0.6 is 0 Å². The van der Waals surface area contributed by atoms with E-state index in [2.05, 4.69) is 6.07 Å². The Morgan fingerprint density at radius 1 is 1.30 bits per heavy atom. The average molecular weight is 314 g/mol. The van der Waals surface area contributed by atoms with Gasteiger partial charge < -0.3 is 9.64 Å². The summed E-state index contributed by atoms with van der Waals surface area (Å²) >= 11 is 0. The molecule has 4 nitrogen and oxygen atoms in total. The summed E-state index contributed by atoms with van der Waals surface area (Å²) in [6.45, 7) is 3.28. The van der Waals surface area contributed by atoms with Gasteiger partial charge in [-0.3, -0.25) is 0 Å². The molecule has 1 amide bonds. The maximum absolute atomic E-state index is 12.4. The zero-order valence-corrected chi connectivity index (χ0v) is 13.9. The third-order valence-electron chi connectivity index (χ3n) is 4.38. The van der Waals surface area contributed by atoms with Gasteiger partial charge in [0.1, 0.15) is 6.61 Å². The lowest BCUT2D eigenvalue weighted by Crippen LogP contribution is -2.39. The van der Waals surface area contributed by atoms with Crippen LogP contribution in [0.5, 0.6) is 0 Å². The van der Waals surface area contributed by atoms with Gasteiger partial charge in [0.25, 0.3) is 0 Å². The molecule has 0 saturated heterocycles. The number of benzene rings is 1. The molecule has 1 aromatic rings. The Kier molecular flexibility index (Phi) is 6.93. The van der Waals surface area contributed by atoms with Crippen LogP contribution in [0.15, 0.2) is 30.3 Å². The molecule has 0 heterocycles. The molecule has 2 rings (SSSR count). The number of rotatable bonds is 6. The van der Waals surface area contributed by atoms with Crippen LogP contribution in [0.2, 0.25) is 0 Å². The van der Waals surface area contributed by atoms with Gasteiger partial charge in [0.05, 0.1) is 12.0 Å². The van der Waals surface area contributed by atoms with E-state index in [1.807, 2.05) is 37.3 Å². The van der Waals surface area contributed by atoms with E-state index in [0.29, 0.717) is 19.0 Å². The van der Waals surface area contributed by atoms with Crippen molar-refractivity contribution in [2.24, 2.45) is 11.8 Å². The summed E-state index contributed by atoms with van der Waals surface area (Å²) in [5.74, 6) is 0.363. The molecule has 23 heavy (non-hydrogen) atoms. The Bertz CT molecular complexity index is 518. The quantitative estimate of drug-likeness (QED) is 0.783. The van der Waals surface area contributed by atoms with Crippen LogP contribution in [0.1, 0.15) is 44.6 Å². The maximum atomic E-state index is 12.4. The van der Waals surface area contributed by atoms with Crippen LogP contribution in [0, 0.1) is 23.2 Å². The summed E-state index contributed by atoms with van der Waals surface area (Å²) in [5, 5.41) is 9.05. The van der Waals surface area contributed by atoms with Crippen molar-refractivity contribution in [3.8, 4) is 6.07 Å². The first kappa shape index (κ1) is 17.3. The smallest absolute Gasteiger partial charge is 0.410 e. The summed E-state index contributed by atoms with van der Waals surface area (Å²) in [6.07, 6.45) is 5.81. The number of carbonyl (C=O) groups excluding carboxylic acids is 1. The van der Waals surface area contributed by atoms with Gasteiger partial charge in [0.15, 0.2) is 0 Å². The van der Waals surface area contributed by atoms with Gasteiger partial charge in [-0.25, -0.2) is 4.79 Å². The molecule has 1 saturated carbocycles. The molecule has 0 bridgehead atoms.